The van der Waals surface area contributed by atoms with Crippen molar-refractivity contribution in [2.75, 3.05) is 5.52 Å². The van der Waals surface area contributed by atoms with Gasteiger partial charge in [0.2, 0.25) is 0 Å². The van der Waals surface area contributed by atoms with Crippen LogP contribution in [0.1, 0.15) is 12.5 Å². The summed E-state index contributed by atoms with van der Waals surface area (Å²) in [6.45, 7) is 2.14. The van der Waals surface area contributed by atoms with E-state index in [9.17, 15) is 0 Å². The Morgan fingerprint density at radius 2 is 1.91 bits per heavy atom. The van der Waals surface area contributed by atoms with Crippen LogP contribution in [0.4, 0.5) is 0 Å². The second kappa shape index (κ2) is 4.39. The molecule has 0 aliphatic rings. The van der Waals surface area contributed by atoms with Crippen molar-refractivity contribution in [2.45, 2.75) is 13.3 Å². The normalized spacial score (nSPS) is 9.64. The van der Waals surface area contributed by atoms with E-state index in [1.165, 1.54) is 5.56 Å². The van der Waals surface area contributed by atoms with Gasteiger partial charge in [-0.15, -0.1) is 0 Å². The van der Waals surface area contributed by atoms with E-state index in [1.807, 2.05) is 12.1 Å². The molecule has 0 radical (unpaired) electrons. The van der Waals surface area contributed by atoms with Crippen LogP contribution in [0.5, 0.6) is 5.75 Å². The second-order valence-corrected chi connectivity index (χ2v) is 2.71. The molecule has 0 bridgehead atoms. The van der Waals surface area contributed by atoms with Gasteiger partial charge in [-0.1, -0.05) is 19.1 Å². The number of aryl methyl sites for hydroxylation is 1. The van der Waals surface area contributed by atoms with E-state index in [1.54, 1.807) is 0 Å². The van der Waals surface area contributed by atoms with E-state index in [2.05, 4.69) is 35.0 Å². The number of hydrogen-bond acceptors (Lipinski definition) is 1. The van der Waals surface area contributed by atoms with Crippen molar-refractivity contribution < 1.29 is 4.74 Å². The monoisotopic (exact) mass is 214 g/mol. The highest BCUT2D eigenvalue weighted by Crippen LogP contribution is 2.12. The first-order valence-corrected chi connectivity index (χ1v) is 4.76. The summed E-state index contributed by atoms with van der Waals surface area (Å²) in [5, 5.41) is 0. The van der Waals surface area contributed by atoms with Crippen molar-refractivity contribution in [1.82, 2.24) is 0 Å². The fraction of sp³-hybridized carbons (Fsp3) is 0.333. The molecule has 0 heterocycles. The van der Waals surface area contributed by atoms with Gasteiger partial charge < -0.3 is 4.74 Å². The van der Waals surface area contributed by atoms with Gasteiger partial charge in [0.05, 0.1) is 0 Å². The van der Waals surface area contributed by atoms with Gasteiger partial charge in [0.1, 0.15) is 11.3 Å². The van der Waals surface area contributed by atoms with E-state index in [-0.39, 0.29) is 0 Å². The summed E-state index contributed by atoms with van der Waals surface area (Å²) in [5.74, 6) is 0.916. The second-order valence-electron chi connectivity index (χ2n) is 2.25. The maximum absolute atomic E-state index is 5.22. The Balaban J connectivity index is 2.66. The number of rotatable bonds is 3. The van der Waals surface area contributed by atoms with Gasteiger partial charge >= 0.3 is 0 Å². The highest BCUT2D eigenvalue weighted by atomic mass is 79.9. The summed E-state index contributed by atoms with van der Waals surface area (Å²) in [6, 6.07) is 8.14. The average molecular weight is 215 g/mol. The molecule has 2 heteroatoms. The highest BCUT2D eigenvalue weighted by molar-refractivity contribution is 9.09. The minimum absolute atomic E-state index is 0.554. The van der Waals surface area contributed by atoms with E-state index in [0.29, 0.717) is 5.52 Å². The maximum atomic E-state index is 5.22. The third-order valence-electron chi connectivity index (χ3n) is 1.55. The lowest BCUT2D eigenvalue weighted by Gasteiger charge is -2.01. The van der Waals surface area contributed by atoms with Crippen molar-refractivity contribution in [3.8, 4) is 5.75 Å². The number of alkyl halides is 1. The van der Waals surface area contributed by atoms with Gasteiger partial charge in [0.15, 0.2) is 0 Å². The molecule has 1 aromatic carbocycles. The molecule has 0 aliphatic carbocycles. The third-order valence-corrected chi connectivity index (χ3v) is 1.78. The third kappa shape index (κ3) is 2.54. The van der Waals surface area contributed by atoms with Crippen LogP contribution in [-0.4, -0.2) is 5.52 Å². The highest BCUT2D eigenvalue weighted by Gasteiger charge is 1.91. The molecule has 0 fully saturated rings. The standard InChI is InChI=1S/C9H11BrO/c1-2-8-3-5-9(6-4-8)11-7-10/h3-6H,2,7H2,1H3. The first kappa shape index (κ1) is 8.60. The quantitative estimate of drug-likeness (QED) is 0.704. The molecule has 0 saturated carbocycles. The number of ether oxygens (including phenoxy) is 1. The zero-order valence-electron chi connectivity index (χ0n) is 6.51. The van der Waals surface area contributed by atoms with Crippen molar-refractivity contribution in [2.24, 2.45) is 0 Å². The maximum Gasteiger partial charge on any atom is 0.143 e. The summed E-state index contributed by atoms with van der Waals surface area (Å²) in [5.41, 5.74) is 1.89. The van der Waals surface area contributed by atoms with Crippen molar-refractivity contribution >= 4 is 15.9 Å². The molecule has 0 N–H and O–H groups in total. The van der Waals surface area contributed by atoms with Gasteiger partial charge in [0.25, 0.3) is 0 Å². The van der Waals surface area contributed by atoms with E-state index >= 15 is 0 Å². The van der Waals surface area contributed by atoms with Gasteiger partial charge in [0, 0.05) is 0 Å². The first-order chi connectivity index (χ1) is 5.36. The molecule has 0 aromatic heterocycles. The summed E-state index contributed by atoms with van der Waals surface area (Å²) in [7, 11) is 0. The number of hydrogen-bond donors (Lipinski definition) is 0. The van der Waals surface area contributed by atoms with Crippen LogP contribution >= 0.6 is 15.9 Å². The fourth-order valence-electron chi connectivity index (χ4n) is 0.884. The number of benzene rings is 1. The van der Waals surface area contributed by atoms with Gasteiger partial charge in [-0.25, -0.2) is 0 Å². The van der Waals surface area contributed by atoms with Crippen LogP contribution in [0.25, 0.3) is 0 Å². The molecule has 1 aromatic rings. The summed E-state index contributed by atoms with van der Waals surface area (Å²) >= 11 is 3.20. The van der Waals surface area contributed by atoms with E-state index in [0.717, 1.165) is 12.2 Å². The molecule has 0 aliphatic heterocycles. The molecule has 0 amide bonds. The van der Waals surface area contributed by atoms with E-state index < -0.39 is 0 Å². The van der Waals surface area contributed by atoms with E-state index in [4.69, 9.17) is 4.74 Å². The Morgan fingerprint density at radius 3 is 2.36 bits per heavy atom. The van der Waals surface area contributed by atoms with Crippen LogP contribution in [0.3, 0.4) is 0 Å². The summed E-state index contributed by atoms with van der Waals surface area (Å²) < 4.78 is 5.22. The Bertz CT molecular complexity index is 205. The fourth-order valence-corrected chi connectivity index (χ4v) is 1.15. The molecule has 11 heavy (non-hydrogen) atoms. The van der Waals surface area contributed by atoms with Gasteiger partial charge in [-0.05, 0) is 40.0 Å². The summed E-state index contributed by atoms with van der Waals surface area (Å²) in [6.07, 6.45) is 1.08. The van der Waals surface area contributed by atoms with Crippen LogP contribution in [0, 0.1) is 0 Å². The lowest BCUT2D eigenvalue weighted by Crippen LogP contribution is -1.88. The molecular formula is C9H11BrO. The zero-order valence-corrected chi connectivity index (χ0v) is 8.10. The molecule has 0 spiro atoms. The lowest BCUT2D eigenvalue weighted by atomic mass is 10.2. The number of halogens is 1. The minimum atomic E-state index is 0.554. The molecule has 0 atom stereocenters. The molecule has 1 rings (SSSR count). The Labute approximate surface area is 75.5 Å². The van der Waals surface area contributed by atoms with Crippen molar-refractivity contribution in [1.29, 1.82) is 0 Å². The van der Waals surface area contributed by atoms with Crippen molar-refractivity contribution in [3.05, 3.63) is 29.8 Å². The molecular weight excluding hydrogens is 204 g/mol. The average Bonchev–Trinajstić information content (AvgIpc) is 2.07. The van der Waals surface area contributed by atoms with Crippen molar-refractivity contribution in [3.63, 3.8) is 0 Å². The Morgan fingerprint density at radius 1 is 1.27 bits per heavy atom. The molecule has 0 unspecified atom stereocenters. The zero-order chi connectivity index (χ0) is 8.10. The Hall–Kier alpha value is -0.500. The smallest absolute Gasteiger partial charge is 0.143 e. The minimum Gasteiger partial charge on any atom is -0.482 e. The van der Waals surface area contributed by atoms with Crippen LogP contribution in [0.2, 0.25) is 0 Å². The first-order valence-electron chi connectivity index (χ1n) is 3.64. The Kier molecular flexibility index (Phi) is 3.43. The summed E-state index contributed by atoms with van der Waals surface area (Å²) in [4.78, 5) is 0. The predicted molar refractivity (Wildman–Crippen MR) is 50.2 cm³/mol. The van der Waals surface area contributed by atoms with Crippen LogP contribution < -0.4 is 4.74 Å². The van der Waals surface area contributed by atoms with Gasteiger partial charge in [-0.2, -0.15) is 0 Å². The predicted octanol–water partition coefficient (Wildman–Crippen LogP) is 2.98. The SMILES string of the molecule is CCc1ccc(OCBr)cc1. The molecule has 1 nitrogen and oxygen atoms in total. The van der Waals surface area contributed by atoms with Crippen LogP contribution in [0.15, 0.2) is 24.3 Å². The molecule has 0 saturated heterocycles. The topological polar surface area (TPSA) is 9.23 Å². The largest absolute Gasteiger partial charge is 0.482 e. The molecule has 60 valence electrons. The lowest BCUT2D eigenvalue weighted by molar-refractivity contribution is 0.398. The van der Waals surface area contributed by atoms with Gasteiger partial charge in [-0.3, -0.25) is 0 Å². The van der Waals surface area contributed by atoms with Crippen LogP contribution in [-0.2, 0) is 6.42 Å².